The topological polar surface area (TPSA) is 76.8 Å². The summed E-state index contributed by atoms with van der Waals surface area (Å²) in [6, 6.07) is 0. The minimum absolute atomic E-state index is 0.0715. The maximum Gasteiger partial charge on any atom is 0.211 e. The second kappa shape index (κ2) is 3.39. The van der Waals surface area contributed by atoms with Gasteiger partial charge in [-0.05, 0) is 24.4 Å². The molecule has 0 aromatic rings. The fourth-order valence-corrected chi connectivity index (χ4v) is 0.180. The summed E-state index contributed by atoms with van der Waals surface area (Å²) in [5.41, 5.74) is 9.79. The number of hydrogen-bond acceptors (Lipinski definition) is 2. The largest absolute Gasteiger partial charge is 0.373 e. The van der Waals surface area contributed by atoms with Crippen LogP contribution in [0, 0.1) is 0 Å². The van der Waals surface area contributed by atoms with Crippen LogP contribution in [0.25, 0.3) is 0 Å². The Hall–Kier alpha value is -0.620. The molecule has 0 aliphatic rings. The van der Waals surface area contributed by atoms with Gasteiger partial charge in [0.05, 0.1) is 0 Å². The second-order valence-corrected chi connectivity index (χ2v) is 1.71. The van der Waals surface area contributed by atoms with E-state index in [1.54, 1.807) is 0 Å². The fraction of sp³-hybridized carbons (Fsp3) is 0. The number of hydrogen-bond donors (Lipinski definition) is 2. The van der Waals surface area contributed by atoms with Crippen molar-refractivity contribution in [2.45, 2.75) is 0 Å². The molecule has 0 unspecified atom stereocenters. The van der Waals surface area contributed by atoms with Crippen molar-refractivity contribution in [3.63, 3.8) is 0 Å². The summed E-state index contributed by atoms with van der Waals surface area (Å²) in [5.74, 6) is 0. The van der Waals surface area contributed by atoms with Crippen LogP contribution in [0.15, 0.2) is 10.2 Å². The van der Waals surface area contributed by atoms with Crippen molar-refractivity contribution < 1.29 is 0 Å². The van der Waals surface area contributed by atoms with Gasteiger partial charge in [0.25, 0.3) is 0 Å². The van der Waals surface area contributed by atoms with Gasteiger partial charge in [-0.1, -0.05) is 0 Å². The molecule has 0 saturated heterocycles. The molecule has 0 bridgehead atoms. The molecule has 0 aliphatic heterocycles. The van der Waals surface area contributed by atoms with Crippen molar-refractivity contribution in [2.75, 3.05) is 0 Å². The highest BCUT2D eigenvalue weighted by Crippen LogP contribution is 1.74. The highest BCUT2D eigenvalue weighted by molar-refractivity contribution is 7.80. The van der Waals surface area contributed by atoms with E-state index in [2.05, 4.69) is 34.7 Å². The van der Waals surface area contributed by atoms with Gasteiger partial charge in [0.2, 0.25) is 10.2 Å². The molecule has 4 nitrogen and oxygen atoms in total. The molecule has 0 aliphatic carbocycles. The summed E-state index contributed by atoms with van der Waals surface area (Å²) in [6.07, 6.45) is 0. The zero-order chi connectivity index (χ0) is 6.57. The van der Waals surface area contributed by atoms with Gasteiger partial charge < -0.3 is 11.5 Å². The summed E-state index contributed by atoms with van der Waals surface area (Å²) in [5, 5.41) is 6.24. The third-order valence-electron chi connectivity index (χ3n) is 0.247. The molecule has 0 spiro atoms. The predicted octanol–water partition coefficient (Wildman–Crippen LogP) is -0.0742. The molecular formula is C2H4N4S2. The van der Waals surface area contributed by atoms with Gasteiger partial charge in [0.1, 0.15) is 0 Å². The first kappa shape index (κ1) is 7.38. The van der Waals surface area contributed by atoms with E-state index in [-0.39, 0.29) is 10.2 Å². The Balaban J connectivity index is 3.67. The van der Waals surface area contributed by atoms with Gasteiger partial charge >= 0.3 is 0 Å². The standard InChI is InChI=1S/C2H4N4S2/c3-1(7)5-6-2(4)8/h(H2,3,7)(H2,4,8). The van der Waals surface area contributed by atoms with Crippen molar-refractivity contribution in [2.24, 2.45) is 21.7 Å². The van der Waals surface area contributed by atoms with Gasteiger partial charge in [-0.15, -0.1) is 10.2 Å². The van der Waals surface area contributed by atoms with Crippen molar-refractivity contribution in [3.8, 4) is 0 Å². The lowest BCUT2D eigenvalue weighted by Gasteiger charge is -1.80. The molecule has 0 radical (unpaired) electrons. The van der Waals surface area contributed by atoms with E-state index in [1.807, 2.05) is 0 Å². The predicted molar refractivity (Wildman–Crippen MR) is 38.4 cm³/mol. The summed E-state index contributed by atoms with van der Waals surface area (Å²) in [4.78, 5) is 0. The molecule has 0 aromatic carbocycles. The molecule has 0 heterocycles. The van der Waals surface area contributed by atoms with Gasteiger partial charge in [-0.3, -0.25) is 0 Å². The average Bonchev–Trinajstić information content (AvgIpc) is 1.61. The van der Waals surface area contributed by atoms with Crippen LogP contribution in [0.1, 0.15) is 0 Å². The number of thiocarbonyl (C=S) groups is 2. The third-order valence-corrected chi connectivity index (χ3v) is 0.410. The van der Waals surface area contributed by atoms with Crippen molar-refractivity contribution in [1.29, 1.82) is 0 Å². The van der Waals surface area contributed by atoms with Gasteiger partial charge in [0, 0.05) is 0 Å². The smallest absolute Gasteiger partial charge is 0.211 e. The second-order valence-electron chi connectivity index (χ2n) is 0.876. The van der Waals surface area contributed by atoms with Gasteiger partial charge in [-0.2, -0.15) is 0 Å². The van der Waals surface area contributed by atoms with Gasteiger partial charge in [0.15, 0.2) is 0 Å². The Labute approximate surface area is 56.9 Å². The monoisotopic (exact) mass is 148 g/mol. The number of nitrogens with two attached hydrogens (primary N) is 2. The Kier molecular flexibility index (Phi) is 3.13. The molecule has 0 aromatic heterocycles. The van der Waals surface area contributed by atoms with Crippen LogP contribution in [-0.4, -0.2) is 10.2 Å². The van der Waals surface area contributed by atoms with Crippen LogP contribution in [0.2, 0.25) is 0 Å². The SMILES string of the molecule is NC(=S)N=NC(N)=S. The quantitative estimate of drug-likeness (QED) is 0.372. The lowest BCUT2D eigenvalue weighted by Crippen LogP contribution is -2.07. The van der Waals surface area contributed by atoms with Crippen LogP contribution >= 0.6 is 24.4 Å². The van der Waals surface area contributed by atoms with Crippen LogP contribution in [0.5, 0.6) is 0 Å². The summed E-state index contributed by atoms with van der Waals surface area (Å²) in [6.45, 7) is 0. The molecule has 6 heteroatoms. The molecule has 44 valence electrons. The summed E-state index contributed by atoms with van der Waals surface area (Å²) < 4.78 is 0. The Bertz CT molecular complexity index is 123. The molecular weight excluding hydrogens is 144 g/mol. The van der Waals surface area contributed by atoms with Crippen LogP contribution < -0.4 is 11.5 Å². The van der Waals surface area contributed by atoms with E-state index in [4.69, 9.17) is 11.5 Å². The minimum Gasteiger partial charge on any atom is -0.373 e. The van der Waals surface area contributed by atoms with Crippen LogP contribution in [-0.2, 0) is 0 Å². The molecule has 0 rings (SSSR count). The average molecular weight is 148 g/mol. The molecule has 0 saturated carbocycles. The molecule has 0 fully saturated rings. The lowest BCUT2D eigenvalue weighted by molar-refractivity contribution is 1.33. The highest BCUT2D eigenvalue weighted by atomic mass is 32.1. The number of rotatable bonds is 0. The summed E-state index contributed by atoms with van der Waals surface area (Å²) in [7, 11) is 0. The van der Waals surface area contributed by atoms with Crippen LogP contribution in [0.3, 0.4) is 0 Å². The van der Waals surface area contributed by atoms with Crippen molar-refractivity contribution in [3.05, 3.63) is 0 Å². The van der Waals surface area contributed by atoms with Crippen molar-refractivity contribution >= 4 is 34.7 Å². The molecule has 0 amide bonds. The van der Waals surface area contributed by atoms with Crippen LogP contribution in [0.4, 0.5) is 0 Å². The number of nitrogens with zero attached hydrogens (tertiary/aromatic N) is 2. The van der Waals surface area contributed by atoms with E-state index < -0.39 is 0 Å². The first-order valence-corrected chi connectivity index (χ1v) is 2.45. The van der Waals surface area contributed by atoms with E-state index in [0.717, 1.165) is 0 Å². The Morgan fingerprint density at radius 3 is 1.38 bits per heavy atom. The first-order valence-electron chi connectivity index (χ1n) is 1.63. The molecule has 8 heavy (non-hydrogen) atoms. The molecule has 0 atom stereocenters. The lowest BCUT2D eigenvalue weighted by atomic mass is 11.2. The maximum absolute atomic E-state index is 4.90. The highest BCUT2D eigenvalue weighted by Gasteiger charge is 1.79. The zero-order valence-corrected chi connectivity index (χ0v) is 5.50. The first-order chi connectivity index (χ1) is 3.63. The zero-order valence-electron chi connectivity index (χ0n) is 3.87. The van der Waals surface area contributed by atoms with Crippen molar-refractivity contribution in [1.82, 2.24) is 0 Å². The Morgan fingerprint density at radius 2 is 1.25 bits per heavy atom. The molecule has 4 N–H and O–H groups in total. The minimum atomic E-state index is -0.0715. The van der Waals surface area contributed by atoms with E-state index in [1.165, 1.54) is 0 Å². The third kappa shape index (κ3) is 5.38. The van der Waals surface area contributed by atoms with Gasteiger partial charge in [-0.25, -0.2) is 0 Å². The number of azo groups is 1. The normalized spacial score (nSPS) is 9.50. The van der Waals surface area contributed by atoms with E-state index in [9.17, 15) is 0 Å². The maximum atomic E-state index is 4.90. The fourth-order valence-electron chi connectivity index (χ4n) is 0.0986. The van der Waals surface area contributed by atoms with E-state index in [0.29, 0.717) is 0 Å². The summed E-state index contributed by atoms with van der Waals surface area (Å²) >= 11 is 8.63. The van der Waals surface area contributed by atoms with E-state index >= 15 is 0 Å². The Morgan fingerprint density at radius 1 is 1.00 bits per heavy atom.